The summed E-state index contributed by atoms with van der Waals surface area (Å²) in [7, 11) is 0. The van der Waals surface area contributed by atoms with Gasteiger partial charge in [-0.15, -0.1) is 6.58 Å². The maximum atomic E-state index is 14.9. The van der Waals surface area contributed by atoms with Gasteiger partial charge in [-0.25, -0.2) is 0 Å². The fraction of sp³-hybridized carbons (Fsp3) is 0.529. The molecule has 0 aliphatic carbocycles. The van der Waals surface area contributed by atoms with E-state index < -0.39 is 17.8 Å². The fourth-order valence-corrected chi connectivity index (χ4v) is 2.92. The molecule has 0 amide bonds. The zero-order valence-corrected chi connectivity index (χ0v) is 13.1. The van der Waals surface area contributed by atoms with E-state index in [4.69, 9.17) is 4.74 Å². The molecule has 0 radical (unpaired) electrons. The Morgan fingerprint density at radius 1 is 1.45 bits per heavy atom. The number of ether oxygens (including phenoxy) is 1. The van der Waals surface area contributed by atoms with Gasteiger partial charge < -0.3 is 14.7 Å². The number of benzene rings is 1. The van der Waals surface area contributed by atoms with Crippen LogP contribution in [0.3, 0.4) is 0 Å². The zero-order chi connectivity index (χ0) is 16.4. The molecule has 0 spiro atoms. The van der Waals surface area contributed by atoms with Crippen LogP contribution in [0.4, 0.5) is 14.5 Å². The van der Waals surface area contributed by atoms with Gasteiger partial charge in [0.25, 0.3) is 0 Å². The SMILES string of the molecule is C=CCN1c2ccccc2OC1(CCCC)C(F)(F)C(C)O. The van der Waals surface area contributed by atoms with Crippen molar-refractivity contribution < 1.29 is 18.6 Å². The Labute approximate surface area is 130 Å². The molecule has 2 rings (SSSR count). The summed E-state index contributed by atoms with van der Waals surface area (Å²) < 4.78 is 35.6. The van der Waals surface area contributed by atoms with E-state index in [1.165, 1.54) is 4.90 Å². The van der Waals surface area contributed by atoms with Crippen LogP contribution in [-0.4, -0.2) is 29.4 Å². The van der Waals surface area contributed by atoms with Crippen LogP contribution in [0.25, 0.3) is 0 Å². The highest BCUT2D eigenvalue weighted by molar-refractivity contribution is 5.65. The first-order valence-corrected chi connectivity index (χ1v) is 7.63. The molecule has 1 heterocycles. The van der Waals surface area contributed by atoms with Crippen LogP contribution in [0.2, 0.25) is 0 Å². The summed E-state index contributed by atoms with van der Waals surface area (Å²) in [6.45, 7) is 6.93. The molecule has 0 fully saturated rings. The van der Waals surface area contributed by atoms with Crippen LogP contribution in [0.1, 0.15) is 33.1 Å². The van der Waals surface area contributed by atoms with E-state index >= 15 is 0 Å². The lowest BCUT2D eigenvalue weighted by Gasteiger charge is -2.44. The van der Waals surface area contributed by atoms with Crippen molar-refractivity contribution in [2.24, 2.45) is 0 Å². The predicted octanol–water partition coefficient (Wildman–Crippen LogP) is 3.97. The molecule has 1 aliphatic heterocycles. The van der Waals surface area contributed by atoms with Crippen molar-refractivity contribution in [2.45, 2.75) is 50.9 Å². The second-order valence-corrected chi connectivity index (χ2v) is 5.66. The van der Waals surface area contributed by atoms with Crippen molar-refractivity contribution in [1.82, 2.24) is 0 Å². The van der Waals surface area contributed by atoms with Crippen molar-refractivity contribution >= 4 is 5.69 Å². The molecule has 22 heavy (non-hydrogen) atoms. The predicted molar refractivity (Wildman–Crippen MR) is 83.5 cm³/mol. The van der Waals surface area contributed by atoms with E-state index in [1.54, 1.807) is 30.3 Å². The minimum absolute atomic E-state index is 0.129. The van der Waals surface area contributed by atoms with Crippen molar-refractivity contribution in [3.05, 3.63) is 36.9 Å². The quantitative estimate of drug-likeness (QED) is 0.773. The molecule has 1 aromatic carbocycles. The van der Waals surface area contributed by atoms with E-state index in [1.807, 2.05) is 6.92 Å². The van der Waals surface area contributed by atoms with Crippen LogP contribution in [0.5, 0.6) is 5.75 Å². The Morgan fingerprint density at radius 2 is 2.14 bits per heavy atom. The van der Waals surface area contributed by atoms with Gasteiger partial charge >= 0.3 is 5.92 Å². The molecule has 2 atom stereocenters. The third-order valence-electron chi connectivity index (χ3n) is 4.10. The topological polar surface area (TPSA) is 32.7 Å². The van der Waals surface area contributed by atoms with Crippen molar-refractivity contribution in [3.63, 3.8) is 0 Å². The number of aliphatic hydroxyl groups is 1. The highest BCUT2D eigenvalue weighted by atomic mass is 19.3. The molecule has 0 bridgehead atoms. The van der Waals surface area contributed by atoms with Gasteiger partial charge in [-0.2, -0.15) is 8.78 Å². The third kappa shape index (κ3) is 2.47. The molecule has 0 aromatic heterocycles. The van der Waals surface area contributed by atoms with Crippen LogP contribution >= 0.6 is 0 Å². The molecule has 2 unspecified atom stereocenters. The summed E-state index contributed by atoms with van der Waals surface area (Å²) >= 11 is 0. The molecule has 1 aromatic rings. The van der Waals surface area contributed by atoms with Gasteiger partial charge in [0, 0.05) is 13.0 Å². The molecule has 1 N–H and O–H groups in total. The maximum Gasteiger partial charge on any atom is 0.330 e. The third-order valence-corrected chi connectivity index (χ3v) is 4.10. The van der Waals surface area contributed by atoms with Gasteiger partial charge in [0.05, 0.1) is 5.69 Å². The van der Waals surface area contributed by atoms with E-state index in [2.05, 4.69) is 6.58 Å². The van der Waals surface area contributed by atoms with E-state index in [9.17, 15) is 13.9 Å². The van der Waals surface area contributed by atoms with E-state index in [0.29, 0.717) is 17.9 Å². The Bertz CT molecular complexity index is 533. The number of halogens is 2. The van der Waals surface area contributed by atoms with Crippen LogP contribution in [-0.2, 0) is 0 Å². The second kappa shape index (κ2) is 6.24. The smallest absolute Gasteiger partial charge is 0.330 e. The number of para-hydroxylation sites is 2. The average Bonchev–Trinajstić information content (AvgIpc) is 2.81. The minimum Gasteiger partial charge on any atom is -0.459 e. The van der Waals surface area contributed by atoms with Crippen molar-refractivity contribution in [2.75, 3.05) is 11.4 Å². The number of hydrogen-bond donors (Lipinski definition) is 1. The summed E-state index contributed by atoms with van der Waals surface area (Å²) in [6.07, 6.45) is 1.23. The van der Waals surface area contributed by atoms with Gasteiger partial charge in [-0.05, 0) is 25.5 Å². The number of alkyl halides is 2. The summed E-state index contributed by atoms with van der Waals surface area (Å²) in [5.74, 6) is -3.00. The number of nitrogens with zero attached hydrogens (tertiary/aromatic N) is 1. The fourth-order valence-electron chi connectivity index (χ4n) is 2.92. The Kier molecular flexibility index (Phi) is 4.75. The lowest BCUT2D eigenvalue weighted by molar-refractivity contribution is -0.211. The first kappa shape index (κ1) is 16.7. The molecule has 122 valence electrons. The van der Waals surface area contributed by atoms with Gasteiger partial charge in [-0.1, -0.05) is 31.6 Å². The molecule has 5 heteroatoms. The molecule has 1 aliphatic rings. The zero-order valence-electron chi connectivity index (χ0n) is 13.1. The summed E-state index contributed by atoms with van der Waals surface area (Å²) in [4.78, 5) is 1.53. The molecule has 0 saturated carbocycles. The molecular formula is C17H23F2NO2. The first-order chi connectivity index (χ1) is 10.4. The number of aliphatic hydroxyl groups excluding tert-OH is 1. The minimum atomic E-state index is -3.41. The van der Waals surface area contributed by atoms with Crippen molar-refractivity contribution in [3.8, 4) is 5.75 Å². The van der Waals surface area contributed by atoms with E-state index in [-0.39, 0.29) is 13.0 Å². The average molecular weight is 311 g/mol. The summed E-state index contributed by atoms with van der Waals surface area (Å²) in [6, 6.07) is 6.97. The van der Waals surface area contributed by atoms with Gasteiger partial charge in [-0.3, -0.25) is 0 Å². The lowest BCUT2D eigenvalue weighted by Crippen LogP contribution is -2.65. The standard InChI is InChI=1S/C17H23F2NO2/c1-4-6-11-16(17(18,19)13(3)21)20(12-5-2)14-9-7-8-10-15(14)22-16/h5,7-10,13,21H,2,4,6,11-12H2,1,3H3. The second-order valence-electron chi connectivity index (χ2n) is 5.66. The van der Waals surface area contributed by atoms with Crippen LogP contribution in [0.15, 0.2) is 36.9 Å². The molecule has 3 nitrogen and oxygen atoms in total. The Balaban J connectivity index is 2.55. The Morgan fingerprint density at radius 3 is 2.73 bits per heavy atom. The van der Waals surface area contributed by atoms with Crippen LogP contribution < -0.4 is 9.64 Å². The van der Waals surface area contributed by atoms with Crippen LogP contribution in [0, 0.1) is 0 Å². The lowest BCUT2D eigenvalue weighted by atomic mass is 9.93. The largest absolute Gasteiger partial charge is 0.459 e. The Hall–Kier alpha value is -1.62. The highest BCUT2D eigenvalue weighted by Gasteiger charge is 2.64. The normalized spacial score (nSPS) is 22.1. The van der Waals surface area contributed by atoms with Crippen molar-refractivity contribution in [1.29, 1.82) is 0 Å². The first-order valence-electron chi connectivity index (χ1n) is 7.63. The molecular weight excluding hydrogens is 288 g/mol. The number of anilines is 1. The van der Waals surface area contributed by atoms with Gasteiger partial charge in [0.1, 0.15) is 11.9 Å². The number of rotatable bonds is 7. The summed E-state index contributed by atoms with van der Waals surface area (Å²) in [5.41, 5.74) is -1.27. The number of fused-ring (bicyclic) bond motifs is 1. The van der Waals surface area contributed by atoms with Gasteiger partial charge in [0.15, 0.2) is 0 Å². The number of unbranched alkanes of at least 4 members (excludes halogenated alkanes) is 1. The number of hydrogen-bond acceptors (Lipinski definition) is 3. The highest BCUT2D eigenvalue weighted by Crippen LogP contribution is 2.51. The molecule has 0 saturated heterocycles. The maximum absolute atomic E-state index is 14.9. The monoisotopic (exact) mass is 311 g/mol. The van der Waals surface area contributed by atoms with Gasteiger partial charge in [0.2, 0.25) is 5.72 Å². The summed E-state index contributed by atoms with van der Waals surface area (Å²) in [5, 5.41) is 9.69. The van der Waals surface area contributed by atoms with E-state index in [0.717, 1.165) is 13.3 Å².